The summed E-state index contributed by atoms with van der Waals surface area (Å²) >= 11 is 0. The lowest BCUT2D eigenvalue weighted by molar-refractivity contribution is 0.0952. The second kappa shape index (κ2) is 6.19. The third kappa shape index (κ3) is 3.35. The predicted molar refractivity (Wildman–Crippen MR) is 78.0 cm³/mol. The van der Waals surface area contributed by atoms with Crippen LogP contribution in [0.1, 0.15) is 28.8 Å². The Kier molecular flexibility index (Phi) is 4.35. The van der Waals surface area contributed by atoms with Gasteiger partial charge in [-0.2, -0.15) is 0 Å². The molecule has 3 nitrogen and oxygen atoms in total. The van der Waals surface area contributed by atoms with E-state index in [1.54, 1.807) is 0 Å². The third-order valence-electron chi connectivity index (χ3n) is 3.20. The standard InChI is InChI=1S/C16H17FN2O/c1-11(12-5-3-2-4-6-12)10-19-16(20)14-8-7-13(17)9-15(14)18/h2-9,11H,10,18H2,1H3,(H,19,20). The number of nitrogens with two attached hydrogens (primary N) is 1. The molecule has 0 spiro atoms. The Morgan fingerprint density at radius 1 is 1.25 bits per heavy atom. The van der Waals surface area contributed by atoms with Crippen molar-refractivity contribution < 1.29 is 9.18 Å². The maximum Gasteiger partial charge on any atom is 0.253 e. The fourth-order valence-corrected chi connectivity index (χ4v) is 1.98. The maximum absolute atomic E-state index is 12.9. The zero-order chi connectivity index (χ0) is 14.5. The Morgan fingerprint density at radius 3 is 2.60 bits per heavy atom. The Balaban J connectivity index is 1.99. The van der Waals surface area contributed by atoms with Gasteiger partial charge in [0.1, 0.15) is 5.82 Å². The van der Waals surface area contributed by atoms with E-state index in [0.717, 1.165) is 11.6 Å². The van der Waals surface area contributed by atoms with Crippen molar-refractivity contribution in [2.45, 2.75) is 12.8 Å². The highest BCUT2D eigenvalue weighted by Gasteiger charge is 2.12. The summed E-state index contributed by atoms with van der Waals surface area (Å²) in [5, 5.41) is 2.82. The van der Waals surface area contributed by atoms with Crippen LogP contribution in [0.4, 0.5) is 10.1 Å². The van der Waals surface area contributed by atoms with E-state index in [-0.39, 0.29) is 17.5 Å². The molecule has 2 rings (SSSR count). The highest BCUT2D eigenvalue weighted by molar-refractivity contribution is 5.99. The number of hydrogen-bond donors (Lipinski definition) is 2. The van der Waals surface area contributed by atoms with Crippen LogP contribution >= 0.6 is 0 Å². The number of carbonyl (C=O) groups is 1. The molecule has 0 aliphatic carbocycles. The van der Waals surface area contributed by atoms with Gasteiger partial charge in [0, 0.05) is 12.2 Å². The Hall–Kier alpha value is -2.36. The molecule has 0 aliphatic rings. The molecule has 0 fully saturated rings. The zero-order valence-electron chi connectivity index (χ0n) is 11.3. The molecule has 1 atom stereocenters. The van der Waals surface area contributed by atoms with Gasteiger partial charge in [-0.3, -0.25) is 4.79 Å². The van der Waals surface area contributed by atoms with Crippen LogP contribution in [0.5, 0.6) is 0 Å². The molecule has 0 saturated carbocycles. The first-order valence-electron chi connectivity index (χ1n) is 6.46. The van der Waals surface area contributed by atoms with Crippen LogP contribution < -0.4 is 11.1 Å². The van der Waals surface area contributed by atoms with Gasteiger partial charge in [0.15, 0.2) is 0 Å². The molecule has 0 radical (unpaired) electrons. The molecule has 0 aromatic heterocycles. The largest absolute Gasteiger partial charge is 0.398 e. The molecule has 0 heterocycles. The second-order valence-electron chi connectivity index (χ2n) is 4.75. The minimum Gasteiger partial charge on any atom is -0.398 e. The molecule has 0 aliphatic heterocycles. The fraction of sp³-hybridized carbons (Fsp3) is 0.188. The van der Waals surface area contributed by atoms with E-state index in [9.17, 15) is 9.18 Å². The second-order valence-corrected chi connectivity index (χ2v) is 4.75. The minimum atomic E-state index is -0.447. The van der Waals surface area contributed by atoms with Gasteiger partial charge in [-0.1, -0.05) is 37.3 Å². The molecule has 20 heavy (non-hydrogen) atoms. The minimum absolute atomic E-state index is 0.148. The smallest absolute Gasteiger partial charge is 0.253 e. The topological polar surface area (TPSA) is 55.1 Å². The van der Waals surface area contributed by atoms with Gasteiger partial charge in [-0.25, -0.2) is 4.39 Å². The maximum atomic E-state index is 12.9. The number of nitrogen functional groups attached to an aromatic ring is 1. The molecule has 2 aromatic rings. The van der Waals surface area contributed by atoms with Gasteiger partial charge >= 0.3 is 0 Å². The number of hydrogen-bond acceptors (Lipinski definition) is 2. The summed E-state index contributed by atoms with van der Waals surface area (Å²) < 4.78 is 12.9. The fourth-order valence-electron chi connectivity index (χ4n) is 1.98. The van der Waals surface area contributed by atoms with E-state index in [1.807, 2.05) is 37.3 Å². The van der Waals surface area contributed by atoms with Crippen LogP contribution in [-0.2, 0) is 0 Å². The van der Waals surface area contributed by atoms with Crippen LogP contribution in [0, 0.1) is 5.82 Å². The SMILES string of the molecule is CC(CNC(=O)c1ccc(F)cc1N)c1ccccc1. The summed E-state index contributed by atoms with van der Waals surface area (Å²) in [5.41, 5.74) is 7.24. The van der Waals surface area contributed by atoms with Crippen LogP contribution in [0.25, 0.3) is 0 Å². The number of halogens is 1. The first-order chi connectivity index (χ1) is 9.58. The van der Waals surface area contributed by atoms with Gasteiger partial charge in [0.05, 0.1) is 5.56 Å². The molecule has 1 unspecified atom stereocenters. The lowest BCUT2D eigenvalue weighted by atomic mass is 10.0. The van der Waals surface area contributed by atoms with Crippen LogP contribution in [-0.4, -0.2) is 12.5 Å². The van der Waals surface area contributed by atoms with Crippen molar-refractivity contribution in [2.75, 3.05) is 12.3 Å². The van der Waals surface area contributed by atoms with E-state index in [4.69, 9.17) is 5.73 Å². The van der Waals surface area contributed by atoms with Crippen molar-refractivity contribution in [3.8, 4) is 0 Å². The highest BCUT2D eigenvalue weighted by Crippen LogP contribution is 2.15. The Morgan fingerprint density at radius 2 is 1.95 bits per heavy atom. The number of carbonyl (C=O) groups excluding carboxylic acids is 1. The normalized spacial score (nSPS) is 11.9. The van der Waals surface area contributed by atoms with Crippen molar-refractivity contribution in [2.24, 2.45) is 0 Å². The van der Waals surface area contributed by atoms with E-state index >= 15 is 0 Å². The van der Waals surface area contributed by atoms with Gasteiger partial charge in [0.2, 0.25) is 0 Å². The van der Waals surface area contributed by atoms with Crippen molar-refractivity contribution in [1.82, 2.24) is 5.32 Å². The summed E-state index contributed by atoms with van der Waals surface area (Å²) in [5.74, 6) is -0.538. The molecule has 0 saturated heterocycles. The van der Waals surface area contributed by atoms with Gasteiger partial charge < -0.3 is 11.1 Å². The van der Waals surface area contributed by atoms with E-state index in [1.165, 1.54) is 12.1 Å². The quantitative estimate of drug-likeness (QED) is 0.841. The molecule has 4 heteroatoms. The number of benzene rings is 2. The summed E-state index contributed by atoms with van der Waals surface area (Å²) in [6.45, 7) is 2.53. The zero-order valence-corrected chi connectivity index (χ0v) is 11.3. The van der Waals surface area contributed by atoms with Gasteiger partial charge in [0.25, 0.3) is 5.91 Å². The monoisotopic (exact) mass is 272 g/mol. The average Bonchev–Trinajstić information content (AvgIpc) is 2.45. The van der Waals surface area contributed by atoms with E-state index in [0.29, 0.717) is 12.1 Å². The lowest BCUT2D eigenvalue weighted by Gasteiger charge is -2.13. The number of rotatable bonds is 4. The van der Waals surface area contributed by atoms with Crippen molar-refractivity contribution in [3.05, 3.63) is 65.5 Å². The van der Waals surface area contributed by atoms with Gasteiger partial charge in [-0.05, 0) is 29.7 Å². The third-order valence-corrected chi connectivity index (χ3v) is 3.20. The average molecular weight is 272 g/mol. The molecular weight excluding hydrogens is 255 g/mol. The Bertz CT molecular complexity index is 599. The van der Waals surface area contributed by atoms with Crippen LogP contribution in [0.15, 0.2) is 48.5 Å². The highest BCUT2D eigenvalue weighted by atomic mass is 19.1. The van der Waals surface area contributed by atoms with E-state index < -0.39 is 5.82 Å². The summed E-state index contributed by atoms with van der Waals surface area (Å²) in [6.07, 6.45) is 0. The Labute approximate surface area is 117 Å². The summed E-state index contributed by atoms with van der Waals surface area (Å²) in [7, 11) is 0. The lowest BCUT2D eigenvalue weighted by Crippen LogP contribution is -2.28. The molecule has 104 valence electrons. The van der Waals surface area contributed by atoms with Crippen LogP contribution in [0.2, 0.25) is 0 Å². The van der Waals surface area contributed by atoms with Crippen molar-refractivity contribution >= 4 is 11.6 Å². The van der Waals surface area contributed by atoms with Crippen molar-refractivity contribution in [3.63, 3.8) is 0 Å². The molecule has 2 aromatic carbocycles. The first-order valence-corrected chi connectivity index (χ1v) is 6.46. The molecular formula is C16H17FN2O. The van der Waals surface area contributed by atoms with Crippen LogP contribution in [0.3, 0.4) is 0 Å². The number of amides is 1. The predicted octanol–water partition coefficient (Wildman–Crippen LogP) is 2.94. The summed E-state index contributed by atoms with van der Waals surface area (Å²) in [6, 6.07) is 13.7. The number of nitrogens with one attached hydrogen (secondary N) is 1. The molecule has 3 N–H and O–H groups in total. The van der Waals surface area contributed by atoms with Crippen molar-refractivity contribution in [1.29, 1.82) is 0 Å². The van der Waals surface area contributed by atoms with E-state index in [2.05, 4.69) is 5.32 Å². The first kappa shape index (κ1) is 14.1. The molecule has 0 bridgehead atoms. The molecule has 1 amide bonds. The number of anilines is 1. The van der Waals surface area contributed by atoms with Gasteiger partial charge in [-0.15, -0.1) is 0 Å². The summed E-state index contributed by atoms with van der Waals surface area (Å²) in [4.78, 5) is 12.0.